The summed E-state index contributed by atoms with van der Waals surface area (Å²) in [6, 6.07) is 14.7. The fourth-order valence-corrected chi connectivity index (χ4v) is 8.79. The number of aliphatic imine (C=N–C) groups is 1. The smallest absolute Gasteiger partial charge is 0.265 e. The van der Waals surface area contributed by atoms with Crippen molar-refractivity contribution in [2.24, 2.45) is 39.5 Å². The standard InChI is InChI=1S/C37H50N4O5/c1-23-28(17-29-18-30(23)35(29,2)3)19-39-34(44)32-37(22-36(37,4)45)31(21-42)46-41(32)20-24-9-7-10-25(15-24)26-11-8-12-27(16-26)33(43)38-13-14-40(5)6/h7-12,15-16,19,23,28-32,42,45H,13-14,17-18,20-22H2,1-6H3,(H,38,43)/t23-,28?,29+,30+,31+,32-,36?,37-/m1/s1. The van der Waals surface area contributed by atoms with E-state index in [1.54, 1.807) is 18.1 Å². The summed E-state index contributed by atoms with van der Waals surface area (Å²) in [5.74, 6) is 1.57. The highest BCUT2D eigenvalue weighted by Gasteiger charge is 2.78. The Bertz CT molecular complexity index is 1500. The zero-order valence-corrected chi connectivity index (χ0v) is 28.1. The Balaban J connectivity index is 1.21. The van der Waals surface area contributed by atoms with Gasteiger partial charge in [-0.3, -0.25) is 14.4 Å². The van der Waals surface area contributed by atoms with Gasteiger partial charge in [0.05, 0.1) is 24.2 Å². The molecule has 5 aliphatic rings. The van der Waals surface area contributed by atoms with Gasteiger partial charge in [0.1, 0.15) is 12.1 Å². The molecule has 2 bridgehead atoms. The second kappa shape index (κ2) is 12.3. The maximum absolute atomic E-state index is 14.0. The van der Waals surface area contributed by atoms with Crippen molar-refractivity contribution in [2.75, 3.05) is 33.8 Å². The van der Waals surface area contributed by atoms with Crippen LogP contribution in [0.2, 0.25) is 0 Å². The number of aliphatic hydroxyl groups excluding tert-OH is 1. The van der Waals surface area contributed by atoms with E-state index in [4.69, 9.17) is 4.84 Å². The zero-order chi connectivity index (χ0) is 33.0. The minimum atomic E-state index is -1.15. The Labute approximate surface area is 273 Å². The molecule has 4 saturated carbocycles. The van der Waals surface area contributed by atoms with Crippen LogP contribution in [-0.2, 0) is 16.2 Å². The molecule has 1 saturated heterocycles. The lowest BCUT2D eigenvalue weighted by atomic mass is 9.43. The van der Waals surface area contributed by atoms with Crippen LogP contribution in [0.1, 0.15) is 62.9 Å². The number of carbonyl (C=O) groups is 2. The van der Waals surface area contributed by atoms with Gasteiger partial charge in [-0.1, -0.05) is 51.1 Å². The van der Waals surface area contributed by atoms with Crippen LogP contribution in [0, 0.1) is 34.5 Å². The van der Waals surface area contributed by atoms with Gasteiger partial charge in [-0.2, -0.15) is 5.06 Å². The van der Waals surface area contributed by atoms with E-state index in [1.807, 2.05) is 67.7 Å². The molecule has 2 aromatic carbocycles. The normalized spacial score (nSPS) is 34.6. The van der Waals surface area contributed by atoms with E-state index < -0.39 is 23.2 Å². The summed E-state index contributed by atoms with van der Waals surface area (Å²) in [6.07, 6.45) is 3.81. The molecule has 0 aromatic heterocycles. The number of likely N-dealkylation sites (N-methyl/N-ethyl adjacent to an activating group) is 1. The molecule has 1 aliphatic heterocycles. The molecule has 46 heavy (non-hydrogen) atoms. The van der Waals surface area contributed by atoms with Crippen LogP contribution >= 0.6 is 0 Å². The number of benzene rings is 2. The SMILES string of the molecule is C[C@@H]1C(C=NC(=O)[C@H]2N(Cc3cccc(-c4cccc(C(=O)NCCN(C)C)c4)c3)O[C@@H](CO)[C@]23CC3(C)O)C[C@H]2C[C@@H]1C2(C)C. The Morgan fingerprint density at radius 2 is 1.80 bits per heavy atom. The second-order valence-electron chi connectivity index (χ2n) is 15.3. The number of rotatable bonds is 10. The van der Waals surface area contributed by atoms with Crippen LogP contribution in [0.4, 0.5) is 0 Å². The van der Waals surface area contributed by atoms with Gasteiger partial charge in [-0.05, 0) is 104 Å². The Hall–Kier alpha value is -2.95. The number of fused-ring (bicyclic) bond motifs is 2. The first kappa shape index (κ1) is 33.0. The van der Waals surface area contributed by atoms with Crippen molar-refractivity contribution >= 4 is 18.0 Å². The number of hydrogen-bond donors (Lipinski definition) is 3. The van der Waals surface area contributed by atoms with E-state index in [9.17, 15) is 19.8 Å². The summed E-state index contributed by atoms with van der Waals surface area (Å²) in [7, 11) is 3.94. The Morgan fingerprint density at radius 3 is 2.43 bits per heavy atom. The van der Waals surface area contributed by atoms with Gasteiger partial charge in [-0.15, -0.1) is 0 Å². The van der Waals surface area contributed by atoms with Crippen molar-refractivity contribution in [3.8, 4) is 11.1 Å². The number of carbonyl (C=O) groups excluding carboxylic acids is 2. The van der Waals surface area contributed by atoms with E-state index in [0.717, 1.165) is 29.7 Å². The van der Waals surface area contributed by atoms with Crippen LogP contribution in [0.3, 0.4) is 0 Å². The van der Waals surface area contributed by atoms with Crippen LogP contribution in [0.15, 0.2) is 53.5 Å². The third-order valence-corrected chi connectivity index (χ3v) is 11.9. The lowest BCUT2D eigenvalue weighted by Gasteiger charge is -2.61. The Morgan fingerprint density at radius 1 is 1.11 bits per heavy atom. The van der Waals surface area contributed by atoms with Gasteiger partial charge in [0, 0.05) is 24.9 Å². The van der Waals surface area contributed by atoms with Crippen LogP contribution < -0.4 is 5.32 Å². The molecule has 2 amide bonds. The fourth-order valence-electron chi connectivity index (χ4n) is 8.79. The molecule has 9 nitrogen and oxygen atoms in total. The van der Waals surface area contributed by atoms with E-state index in [0.29, 0.717) is 41.7 Å². The first-order valence-corrected chi connectivity index (χ1v) is 16.8. The van der Waals surface area contributed by atoms with Crippen molar-refractivity contribution in [2.45, 2.75) is 71.2 Å². The molecular weight excluding hydrogens is 580 g/mol. The number of hydrogen-bond acceptors (Lipinski definition) is 7. The molecule has 2 unspecified atom stereocenters. The largest absolute Gasteiger partial charge is 0.394 e. The molecule has 4 aliphatic carbocycles. The van der Waals surface area contributed by atoms with Gasteiger partial charge < -0.3 is 20.4 Å². The lowest BCUT2D eigenvalue weighted by molar-refractivity contribution is -0.180. The minimum Gasteiger partial charge on any atom is -0.394 e. The van der Waals surface area contributed by atoms with Gasteiger partial charge in [-0.25, -0.2) is 4.99 Å². The van der Waals surface area contributed by atoms with Crippen LogP contribution in [-0.4, -0.2) is 89.7 Å². The number of aliphatic hydroxyl groups is 2. The third kappa shape index (κ3) is 5.75. The number of nitrogens with one attached hydrogen (secondary N) is 1. The van der Waals surface area contributed by atoms with Crippen molar-refractivity contribution in [1.82, 2.24) is 15.3 Å². The van der Waals surface area contributed by atoms with E-state index in [1.165, 1.54) is 6.42 Å². The van der Waals surface area contributed by atoms with Gasteiger partial charge in [0.25, 0.3) is 11.8 Å². The molecule has 1 spiro atoms. The molecule has 5 fully saturated rings. The van der Waals surface area contributed by atoms with E-state index in [-0.39, 0.29) is 30.9 Å². The van der Waals surface area contributed by atoms with Gasteiger partial charge >= 0.3 is 0 Å². The predicted octanol–water partition coefficient (Wildman–Crippen LogP) is 4.18. The average molecular weight is 631 g/mol. The molecule has 3 N–H and O–H groups in total. The minimum absolute atomic E-state index is 0.118. The summed E-state index contributed by atoms with van der Waals surface area (Å²) < 4.78 is 0. The summed E-state index contributed by atoms with van der Waals surface area (Å²) in [4.78, 5) is 39.6. The highest BCUT2D eigenvalue weighted by molar-refractivity contribution is 5.95. The first-order valence-electron chi connectivity index (χ1n) is 16.8. The maximum Gasteiger partial charge on any atom is 0.265 e. The summed E-state index contributed by atoms with van der Waals surface area (Å²) in [5.41, 5.74) is 1.60. The maximum atomic E-state index is 14.0. The highest BCUT2D eigenvalue weighted by Crippen LogP contribution is 2.66. The molecule has 8 atom stereocenters. The van der Waals surface area contributed by atoms with Gasteiger partial charge in [0.15, 0.2) is 0 Å². The van der Waals surface area contributed by atoms with E-state index >= 15 is 0 Å². The fraction of sp³-hybridized carbons (Fsp3) is 0.595. The number of hydroxylamine groups is 2. The second-order valence-corrected chi connectivity index (χ2v) is 15.3. The molecule has 1 heterocycles. The van der Waals surface area contributed by atoms with Crippen LogP contribution in [0.25, 0.3) is 11.1 Å². The Kier molecular flexibility index (Phi) is 8.78. The molecule has 0 radical (unpaired) electrons. The summed E-state index contributed by atoms with van der Waals surface area (Å²) >= 11 is 0. The zero-order valence-electron chi connectivity index (χ0n) is 28.1. The van der Waals surface area contributed by atoms with Crippen molar-refractivity contribution in [3.63, 3.8) is 0 Å². The molecule has 9 heteroatoms. The first-order chi connectivity index (χ1) is 21.8. The van der Waals surface area contributed by atoms with Crippen molar-refractivity contribution in [1.29, 1.82) is 0 Å². The topological polar surface area (TPSA) is 115 Å². The average Bonchev–Trinajstić information content (AvgIpc) is 3.44. The molecule has 7 rings (SSSR count). The summed E-state index contributed by atoms with van der Waals surface area (Å²) in [6.45, 7) is 10.0. The van der Waals surface area contributed by atoms with Crippen molar-refractivity contribution in [3.05, 3.63) is 59.7 Å². The quantitative estimate of drug-likeness (QED) is 0.338. The highest BCUT2D eigenvalue weighted by atomic mass is 16.7. The van der Waals surface area contributed by atoms with Crippen molar-refractivity contribution < 1.29 is 24.6 Å². The predicted molar refractivity (Wildman–Crippen MR) is 178 cm³/mol. The third-order valence-electron chi connectivity index (χ3n) is 11.9. The summed E-state index contributed by atoms with van der Waals surface area (Å²) in [5, 5.41) is 26.1. The molecule has 2 aromatic rings. The monoisotopic (exact) mass is 630 g/mol. The lowest BCUT2D eigenvalue weighted by Crippen LogP contribution is -2.55. The molecule has 248 valence electrons. The number of amides is 2. The molecular formula is C37H50N4O5. The van der Waals surface area contributed by atoms with Crippen LogP contribution in [0.5, 0.6) is 0 Å². The number of nitrogens with zero attached hydrogens (tertiary/aromatic N) is 3. The van der Waals surface area contributed by atoms with E-state index in [2.05, 4.69) is 31.1 Å². The van der Waals surface area contributed by atoms with Gasteiger partial charge in [0.2, 0.25) is 0 Å².